The summed E-state index contributed by atoms with van der Waals surface area (Å²) in [6, 6.07) is 10.2. The molecule has 1 rings (SSSR count). The lowest BCUT2D eigenvalue weighted by molar-refractivity contribution is -0.0741. The highest BCUT2D eigenvalue weighted by Crippen LogP contribution is 2.13. The number of aliphatic hydroxyl groups is 1. The Labute approximate surface area is 215 Å². The van der Waals surface area contributed by atoms with Crippen molar-refractivity contribution in [3.63, 3.8) is 0 Å². The zero-order chi connectivity index (χ0) is 25.1. The first-order valence-corrected chi connectivity index (χ1v) is 14.4. The van der Waals surface area contributed by atoms with Gasteiger partial charge in [0.25, 0.3) is 0 Å². The Morgan fingerprint density at radius 2 is 1.11 bits per heavy atom. The van der Waals surface area contributed by atoms with Gasteiger partial charge in [0.1, 0.15) is 6.10 Å². The number of hydrogen-bond donors (Lipinski definition) is 1. The SMILES string of the molecule is CCCCCCCCCCCCCCCCOCC(COCCOCCO)OCc1ccccc1. The van der Waals surface area contributed by atoms with Crippen LogP contribution in [0.5, 0.6) is 0 Å². The fourth-order valence-electron chi connectivity index (χ4n) is 4.05. The van der Waals surface area contributed by atoms with Gasteiger partial charge in [0.2, 0.25) is 0 Å². The molecule has 35 heavy (non-hydrogen) atoms. The van der Waals surface area contributed by atoms with E-state index in [2.05, 4.69) is 19.1 Å². The Bertz CT molecular complexity index is 525. The number of hydrogen-bond acceptors (Lipinski definition) is 5. The molecule has 0 aliphatic rings. The molecule has 5 nitrogen and oxygen atoms in total. The average Bonchev–Trinajstić information content (AvgIpc) is 2.89. The zero-order valence-electron chi connectivity index (χ0n) is 22.6. The Balaban J connectivity index is 2.00. The molecule has 5 heteroatoms. The normalized spacial score (nSPS) is 12.3. The Morgan fingerprint density at radius 3 is 1.69 bits per heavy atom. The van der Waals surface area contributed by atoms with Crippen molar-refractivity contribution in [1.82, 2.24) is 0 Å². The minimum atomic E-state index is -0.0975. The Hall–Kier alpha value is -0.980. The van der Waals surface area contributed by atoms with E-state index in [4.69, 9.17) is 24.1 Å². The predicted molar refractivity (Wildman–Crippen MR) is 145 cm³/mol. The van der Waals surface area contributed by atoms with Crippen molar-refractivity contribution in [2.45, 2.75) is 110 Å². The van der Waals surface area contributed by atoms with Crippen LogP contribution in [0, 0.1) is 0 Å². The van der Waals surface area contributed by atoms with E-state index in [-0.39, 0.29) is 12.7 Å². The molecule has 0 aliphatic heterocycles. The summed E-state index contributed by atoms with van der Waals surface area (Å²) in [5.41, 5.74) is 1.15. The third-order valence-corrected chi connectivity index (χ3v) is 6.19. The van der Waals surface area contributed by atoms with E-state index in [0.29, 0.717) is 39.6 Å². The van der Waals surface area contributed by atoms with Gasteiger partial charge in [0.05, 0.1) is 46.2 Å². The van der Waals surface area contributed by atoms with E-state index < -0.39 is 0 Å². The van der Waals surface area contributed by atoms with Crippen molar-refractivity contribution in [2.24, 2.45) is 0 Å². The van der Waals surface area contributed by atoms with Gasteiger partial charge in [-0.3, -0.25) is 0 Å². The first kappa shape index (κ1) is 32.0. The van der Waals surface area contributed by atoms with E-state index >= 15 is 0 Å². The molecule has 0 aliphatic carbocycles. The summed E-state index contributed by atoms with van der Waals surface area (Å²) in [6.07, 6.45) is 19.0. The summed E-state index contributed by atoms with van der Waals surface area (Å²) in [5, 5.41) is 8.76. The van der Waals surface area contributed by atoms with Gasteiger partial charge in [0, 0.05) is 6.61 Å². The molecular weight excluding hydrogens is 440 g/mol. The number of ether oxygens (including phenoxy) is 4. The second kappa shape index (κ2) is 26.1. The molecule has 0 aromatic heterocycles. The van der Waals surface area contributed by atoms with E-state index in [1.165, 1.54) is 83.5 Å². The Morgan fingerprint density at radius 1 is 0.600 bits per heavy atom. The summed E-state index contributed by atoms with van der Waals surface area (Å²) < 4.78 is 22.9. The smallest absolute Gasteiger partial charge is 0.105 e. The van der Waals surface area contributed by atoms with Crippen LogP contribution in [0.2, 0.25) is 0 Å². The van der Waals surface area contributed by atoms with Crippen LogP contribution in [0.4, 0.5) is 0 Å². The molecule has 0 spiro atoms. The molecule has 0 bridgehead atoms. The lowest BCUT2D eigenvalue weighted by Crippen LogP contribution is -2.27. The molecule has 1 atom stereocenters. The molecule has 1 N–H and O–H groups in total. The molecule has 0 saturated carbocycles. The largest absolute Gasteiger partial charge is 0.394 e. The van der Waals surface area contributed by atoms with Crippen LogP contribution in [0.1, 0.15) is 102 Å². The van der Waals surface area contributed by atoms with Gasteiger partial charge in [-0.25, -0.2) is 0 Å². The highest BCUT2D eigenvalue weighted by molar-refractivity contribution is 5.13. The minimum Gasteiger partial charge on any atom is -0.394 e. The van der Waals surface area contributed by atoms with Gasteiger partial charge in [0.15, 0.2) is 0 Å². The molecule has 1 unspecified atom stereocenters. The number of aliphatic hydroxyl groups excluding tert-OH is 1. The van der Waals surface area contributed by atoms with Gasteiger partial charge < -0.3 is 24.1 Å². The van der Waals surface area contributed by atoms with Crippen LogP contribution in [-0.2, 0) is 25.6 Å². The summed E-state index contributed by atoms with van der Waals surface area (Å²) in [7, 11) is 0. The van der Waals surface area contributed by atoms with Crippen LogP contribution in [0.25, 0.3) is 0 Å². The monoisotopic (exact) mass is 494 g/mol. The van der Waals surface area contributed by atoms with Crippen LogP contribution >= 0.6 is 0 Å². The lowest BCUT2D eigenvalue weighted by Gasteiger charge is -2.18. The maximum atomic E-state index is 8.76. The number of unbranched alkanes of at least 4 members (excludes halogenated alkanes) is 13. The fourth-order valence-corrected chi connectivity index (χ4v) is 4.05. The van der Waals surface area contributed by atoms with E-state index in [9.17, 15) is 0 Å². The first-order chi connectivity index (χ1) is 17.4. The van der Waals surface area contributed by atoms with Crippen LogP contribution in [0.15, 0.2) is 30.3 Å². The zero-order valence-corrected chi connectivity index (χ0v) is 22.6. The minimum absolute atomic E-state index is 0.0376. The molecular formula is C30H54O5. The second-order valence-electron chi connectivity index (χ2n) is 9.50. The molecule has 0 saturated heterocycles. The Kier molecular flexibility index (Phi) is 23.9. The number of benzene rings is 1. The van der Waals surface area contributed by atoms with Crippen molar-refractivity contribution in [2.75, 3.05) is 46.2 Å². The van der Waals surface area contributed by atoms with Crippen LogP contribution in [0.3, 0.4) is 0 Å². The van der Waals surface area contributed by atoms with Gasteiger partial charge in [-0.1, -0.05) is 121 Å². The standard InChI is InChI=1S/C30H54O5/c1-2-3-4-5-6-7-8-9-10-11-12-13-14-18-22-33-27-30(28-34-25-24-32-23-21-31)35-26-29-19-16-15-17-20-29/h15-17,19-20,30-31H,2-14,18,21-28H2,1H3. The summed E-state index contributed by atoms with van der Waals surface area (Å²) >= 11 is 0. The van der Waals surface area contributed by atoms with Gasteiger partial charge in [-0.2, -0.15) is 0 Å². The number of rotatable bonds is 27. The third-order valence-electron chi connectivity index (χ3n) is 6.19. The average molecular weight is 495 g/mol. The fraction of sp³-hybridized carbons (Fsp3) is 0.800. The van der Waals surface area contributed by atoms with Crippen molar-refractivity contribution in [3.8, 4) is 0 Å². The second-order valence-corrected chi connectivity index (χ2v) is 9.50. The molecule has 0 heterocycles. The summed E-state index contributed by atoms with van der Waals surface area (Å²) in [6.45, 7) is 5.99. The highest BCUT2D eigenvalue weighted by atomic mass is 16.6. The lowest BCUT2D eigenvalue weighted by atomic mass is 10.0. The van der Waals surface area contributed by atoms with E-state index in [0.717, 1.165) is 18.6 Å². The molecule has 1 aromatic carbocycles. The van der Waals surface area contributed by atoms with Gasteiger partial charge in [-0.15, -0.1) is 0 Å². The van der Waals surface area contributed by atoms with Crippen LogP contribution in [-0.4, -0.2) is 57.5 Å². The molecule has 0 radical (unpaired) electrons. The first-order valence-electron chi connectivity index (χ1n) is 14.4. The van der Waals surface area contributed by atoms with E-state index in [1.807, 2.05) is 18.2 Å². The summed E-state index contributed by atoms with van der Waals surface area (Å²) in [4.78, 5) is 0. The van der Waals surface area contributed by atoms with E-state index in [1.54, 1.807) is 0 Å². The molecule has 0 fully saturated rings. The van der Waals surface area contributed by atoms with Gasteiger partial charge in [-0.05, 0) is 12.0 Å². The van der Waals surface area contributed by atoms with Crippen molar-refractivity contribution in [3.05, 3.63) is 35.9 Å². The third kappa shape index (κ3) is 22.0. The highest BCUT2D eigenvalue weighted by Gasteiger charge is 2.10. The molecule has 1 aromatic rings. The quantitative estimate of drug-likeness (QED) is 0.132. The molecule has 0 amide bonds. The predicted octanol–water partition coefficient (Wildman–Crippen LogP) is 7.10. The topological polar surface area (TPSA) is 57.2 Å². The van der Waals surface area contributed by atoms with Crippen LogP contribution < -0.4 is 0 Å². The van der Waals surface area contributed by atoms with Crippen molar-refractivity contribution in [1.29, 1.82) is 0 Å². The van der Waals surface area contributed by atoms with Crippen molar-refractivity contribution >= 4 is 0 Å². The maximum absolute atomic E-state index is 8.76. The maximum Gasteiger partial charge on any atom is 0.105 e. The molecule has 204 valence electrons. The van der Waals surface area contributed by atoms with Crippen molar-refractivity contribution < 1.29 is 24.1 Å². The van der Waals surface area contributed by atoms with Gasteiger partial charge >= 0.3 is 0 Å². The summed E-state index contributed by atoms with van der Waals surface area (Å²) in [5.74, 6) is 0.